The first-order valence-corrected chi connectivity index (χ1v) is 12.9. The van der Waals surface area contributed by atoms with Gasteiger partial charge in [0.15, 0.2) is 0 Å². The van der Waals surface area contributed by atoms with Crippen molar-refractivity contribution in [1.82, 2.24) is 19.9 Å². The van der Waals surface area contributed by atoms with E-state index in [9.17, 15) is 4.79 Å². The van der Waals surface area contributed by atoms with Gasteiger partial charge in [0.2, 0.25) is 0 Å². The number of carbonyl (C=O) groups excluding carboxylic acids is 1. The van der Waals surface area contributed by atoms with E-state index < -0.39 is 0 Å². The molecule has 0 aromatic carbocycles. The topological polar surface area (TPSA) is 104 Å². The third-order valence-corrected chi connectivity index (χ3v) is 7.80. The van der Waals surface area contributed by atoms with E-state index in [4.69, 9.17) is 9.97 Å². The van der Waals surface area contributed by atoms with Crippen LogP contribution in [0.25, 0.3) is 50.9 Å². The van der Waals surface area contributed by atoms with Gasteiger partial charge < -0.3 is 20.2 Å². The van der Waals surface area contributed by atoms with Crippen LogP contribution in [-0.2, 0) is 11.2 Å². The van der Waals surface area contributed by atoms with Crippen LogP contribution in [0.2, 0.25) is 0 Å². The molecule has 0 radical (unpaired) electrons. The van der Waals surface area contributed by atoms with Crippen LogP contribution in [0.15, 0.2) is 24.8 Å². The third-order valence-electron chi connectivity index (χ3n) is 7.80. The number of nitrogens with zero attached hydrogens (tertiary/aromatic N) is 2. The zero-order chi connectivity index (χ0) is 26.4. The Hall–Kier alpha value is -2.39. The van der Waals surface area contributed by atoms with Gasteiger partial charge in [0, 0.05) is 33.2 Å². The molecule has 0 amide bonds. The molecule has 8 bridgehead atoms. The van der Waals surface area contributed by atoms with E-state index in [1.165, 1.54) is 11.1 Å². The van der Waals surface area contributed by atoms with Gasteiger partial charge in [0.1, 0.15) is 0 Å². The van der Waals surface area contributed by atoms with E-state index in [1.807, 2.05) is 6.08 Å². The minimum absolute atomic E-state index is 0. The van der Waals surface area contributed by atoms with Gasteiger partial charge in [-0.25, -0.2) is 9.97 Å². The molecule has 3 N–H and O–H groups in total. The first-order chi connectivity index (χ1) is 17.8. The zero-order valence-electron chi connectivity index (χ0n) is 24.0. The van der Waals surface area contributed by atoms with Crippen LogP contribution in [0, 0.1) is 20.8 Å². The van der Waals surface area contributed by atoms with Crippen molar-refractivity contribution in [1.29, 1.82) is 0 Å². The third kappa shape index (κ3) is 5.49. The summed E-state index contributed by atoms with van der Waals surface area (Å²) in [6.07, 6.45) is 7.97. The monoisotopic (exact) mass is 545 g/mol. The van der Waals surface area contributed by atoms with Crippen molar-refractivity contribution in [3.05, 3.63) is 75.4 Å². The maximum absolute atomic E-state index is 11.1. The Bertz CT molecular complexity index is 1700. The summed E-state index contributed by atoms with van der Waals surface area (Å²) in [5.41, 5.74) is 16.9. The molecule has 0 saturated heterocycles. The fraction of sp³-hybridized carbons (Fsp3) is 0.281. The molecule has 5 rings (SSSR count). The SMILES string of the molecule is C=Cc1c(C)c2cc3nc(c(C)c4nc(cc5[nH]c(cc1[nH]2)c(C)c5CC)C(C)=C4)C(CC[C-]=O)=C3C.[K+].[OH-]. The fourth-order valence-corrected chi connectivity index (χ4v) is 5.52. The van der Waals surface area contributed by atoms with Crippen LogP contribution in [0.5, 0.6) is 0 Å². The summed E-state index contributed by atoms with van der Waals surface area (Å²) in [5, 5.41) is 0. The maximum atomic E-state index is 11.1. The number of allylic oxidation sites excluding steroid dienone is 3. The van der Waals surface area contributed by atoms with Crippen LogP contribution in [0.3, 0.4) is 0 Å². The predicted octanol–water partition coefficient (Wildman–Crippen LogP) is 4.65. The number of aromatic amines is 2. The van der Waals surface area contributed by atoms with Crippen molar-refractivity contribution in [3.8, 4) is 0 Å². The summed E-state index contributed by atoms with van der Waals surface area (Å²) >= 11 is 0. The van der Waals surface area contributed by atoms with E-state index >= 15 is 0 Å². The molecule has 5 heterocycles. The van der Waals surface area contributed by atoms with E-state index in [1.54, 1.807) is 0 Å². The van der Waals surface area contributed by atoms with Gasteiger partial charge in [-0.1, -0.05) is 19.6 Å². The largest absolute Gasteiger partial charge is 1.00 e. The van der Waals surface area contributed by atoms with Crippen molar-refractivity contribution in [2.75, 3.05) is 0 Å². The van der Waals surface area contributed by atoms with Gasteiger partial charge in [-0.3, -0.25) is 6.29 Å². The van der Waals surface area contributed by atoms with Crippen molar-refractivity contribution < 1.29 is 61.7 Å². The molecule has 3 aromatic heterocycles. The van der Waals surface area contributed by atoms with Crippen molar-refractivity contribution in [2.45, 2.75) is 60.8 Å². The number of rotatable bonds is 5. The molecule has 0 unspecified atom stereocenters. The Morgan fingerprint density at radius 1 is 0.897 bits per heavy atom. The standard InChI is InChI=1S/C32H33N4O.K.H2O/c1-8-22-19(5)28-16-31-23(9-2)18(4)27(34-31)15-29-20(6)24(11-10-12-37)32(36-29)21(7)26-13-17(3)25(33-26)14-30(22)35-28;;/h9,13-16,34-35H,2,8,10-11H2,1,3-7H3;;1H2/q-1;+1;/p-1. The molecule has 2 aliphatic heterocycles. The summed E-state index contributed by atoms with van der Waals surface area (Å²) in [6, 6.07) is 6.45. The second-order valence-electron chi connectivity index (χ2n) is 9.97. The second kappa shape index (κ2) is 12.4. The first kappa shape index (κ1) is 31.1. The van der Waals surface area contributed by atoms with Gasteiger partial charge in [0.25, 0.3) is 0 Å². The Kier molecular flexibility index (Phi) is 9.91. The quantitative estimate of drug-likeness (QED) is 0.360. The molecule has 0 spiro atoms. The average Bonchev–Trinajstić information content (AvgIpc) is 3.57. The minimum Gasteiger partial charge on any atom is -0.870 e. The van der Waals surface area contributed by atoms with Gasteiger partial charge >= 0.3 is 51.4 Å². The average molecular weight is 546 g/mol. The Morgan fingerprint density at radius 2 is 1.56 bits per heavy atom. The number of fused-ring (bicyclic) bond motifs is 8. The minimum atomic E-state index is 0. The molecule has 3 aromatic rings. The molecular formula is C32H34KN4O2-. The van der Waals surface area contributed by atoms with Crippen LogP contribution in [-0.4, -0.2) is 31.7 Å². The van der Waals surface area contributed by atoms with E-state index in [2.05, 4.69) is 88.7 Å². The number of hydrogen-bond donors (Lipinski definition) is 2. The second-order valence-corrected chi connectivity index (χ2v) is 9.97. The Balaban J connectivity index is 0.00000210. The molecule has 0 aliphatic carbocycles. The van der Waals surface area contributed by atoms with Gasteiger partial charge in [-0.15, -0.1) is 6.42 Å². The summed E-state index contributed by atoms with van der Waals surface area (Å²) in [5.74, 6) is 0. The van der Waals surface area contributed by atoms with Crippen LogP contribution in [0.1, 0.15) is 84.2 Å². The molecular weight excluding hydrogens is 511 g/mol. The molecule has 0 atom stereocenters. The van der Waals surface area contributed by atoms with Crippen molar-refractivity contribution in [2.24, 2.45) is 0 Å². The number of aromatic nitrogens is 4. The molecule has 7 heteroatoms. The van der Waals surface area contributed by atoms with Gasteiger partial charge in [-0.05, 0) is 105 Å². The van der Waals surface area contributed by atoms with Crippen molar-refractivity contribution >= 4 is 57.2 Å². The summed E-state index contributed by atoms with van der Waals surface area (Å²) in [6.45, 7) is 16.8. The zero-order valence-corrected chi connectivity index (χ0v) is 27.1. The smallest absolute Gasteiger partial charge is 0.870 e. The fourth-order valence-electron chi connectivity index (χ4n) is 5.52. The molecule has 196 valence electrons. The van der Waals surface area contributed by atoms with Crippen molar-refractivity contribution in [3.63, 3.8) is 0 Å². The van der Waals surface area contributed by atoms with E-state index in [-0.39, 0.29) is 56.9 Å². The van der Waals surface area contributed by atoms with Crippen LogP contribution >= 0.6 is 0 Å². The summed E-state index contributed by atoms with van der Waals surface area (Å²) in [7, 11) is 0. The predicted molar refractivity (Wildman–Crippen MR) is 158 cm³/mol. The van der Waals surface area contributed by atoms with E-state index in [0.29, 0.717) is 12.8 Å². The summed E-state index contributed by atoms with van der Waals surface area (Å²) in [4.78, 5) is 28.5. The van der Waals surface area contributed by atoms with Crippen LogP contribution in [0.4, 0.5) is 0 Å². The van der Waals surface area contributed by atoms with Crippen LogP contribution < -0.4 is 51.4 Å². The Labute approximate surface area is 272 Å². The maximum Gasteiger partial charge on any atom is 1.00 e. The number of hydrogen-bond acceptors (Lipinski definition) is 4. The molecule has 0 fully saturated rings. The Morgan fingerprint density at radius 3 is 2.23 bits per heavy atom. The van der Waals surface area contributed by atoms with Gasteiger partial charge in [0.05, 0.1) is 22.8 Å². The van der Waals surface area contributed by atoms with Gasteiger partial charge in [-0.2, -0.15) is 0 Å². The number of aryl methyl sites for hydroxylation is 3. The normalized spacial score (nSPS) is 12.5. The molecule has 39 heavy (non-hydrogen) atoms. The molecule has 6 nitrogen and oxygen atoms in total. The number of H-pyrrole nitrogens is 2. The molecule has 2 aliphatic rings. The molecule has 0 saturated carbocycles. The summed E-state index contributed by atoms with van der Waals surface area (Å²) < 4.78 is 0. The van der Waals surface area contributed by atoms with E-state index in [0.717, 1.165) is 84.7 Å². The number of nitrogens with one attached hydrogen (secondary N) is 2. The first-order valence-electron chi connectivity index (χ1n) is 12.9.